The maximum atomic E-state index is 13.6. The molecule has 17 heavy (non-hydrogen) atoms. The Morgan fingerprint density at radius 3 is 2.59 bits per heavy atom. The van der Waals surface area contributed by atoms with E-state index in [0.717, 1.165) is 12.0 Å². The van der Waals surface area contributed by atoms with Gasteiger partial charge in [0.15, 0.2) is 0 Å². The zero-order chi connectivity index (χ0) is 12.9. The van der Waals surface area contributed by atoms with Crippen LogP contribution < -0.4 is 11.1 Å². The summed E-state index contributed by atoms with van der Waals surface area (Å²) in [5.74, 6) is -0.155. The van der Waals surface area contributed by atoms with E-state index in [1.165, 1.54) is 6.07 Å². The second kappa shape index (κ2) is 6.12. The Labute approximate surface area is 103 Å². The van der Waals surface area contributed by atoms with Crippen LogP contribution in [-0.4, -0.2) is 18.1 Å². The van der Waals surface area contributed by atoms with Crippen molar-refractivity contribution in [2.24, 2.45) is 5.73 Å². The molecule has 2 atom stereocenters. The van der Waals surface area contributed by atoms with E-state index < -0.39 is 0 Å². The van der Waals surface area contributed by atoms with E-state index in [1.807, 2.05) is 19.1 Å². The Hall–Kier alpha value is -0.930. The average molecular weight is 238 g/mol. The smallest absolute Gasteiger partial charge is 0.126 e. The fourth-order valence-corrected chi connectivity index (χ4v) is 1.94. The number of nitrogens with two attached hydrogens (primary N) is 1. The fraction of sp³-hybridized carbons (Fsp3) is 0.571. The molecule has 2 nitrogen and oxygen atoms in total. The van der Waals surface area contributed by atoms with Crippen molar-refractivity contribution < 1.29 is 4.39 Å². The third-order valence-electron chi connectivity index (χ3n) is 3.20. The molecule has 1 rings (SSSR count). The van der Waals surface area contributed by atoms with Gasteiger partial charge in [-0.15, -0.1) is 0 Å². The Bertz CT molecular complexity index is 354. The third-order valence-corrected chi connectivity index (χ3v) is 3.20. The van der Waals surface area contributed by atoms with Gasteiger partial charge in [0, 0.05) is 18.1 Å². The van der Waals surface area contributed by atoms with Crippen molar-refractivity contribution in [2.45, 2.75) is 45.2 Å². The molecule has 0 saturated carbocycles. The first-order chi connectivity index (χ1) is 8.00. The Morgan fingerprint density at radius 2 is 2.06 bits per heavy atom. The molecule has 3 N–H and O–H groups in total. The van der Waals surface area contributed by atoms with Crippen LogP contribution in [-0.2, 0) is 6.42 Å². The van der Waals surface area contributed by atoms with Crippen LogP contribution in [0.1, 0.15) is 32.8 Å². The first kappa shape index (κ1) is 14.1. The van der Waals surface area contributed by atoms with Crippen molar-refractivity contribution in [3.8, 4) is 0 Å². The molecule has 0 fully saturated rings. The lowest BCUT2D eigenvalue weighted by Gasteiger charge is -2.33. The van der Waals surface area contributed by atoms with Crippen molar-refractivity contribution in [3.63, 3.8) is 0 Å². The highest BCUT2D eigenvalue weighted by atomic mass is 19.1. The zero-order valence-electron chi connectivity index (χ0n) is 11.0. The van der Waals surface area contributed by atoms with Crippen LogP contribution in [0.15, 0.2) is 24.3 Å². The molecule has 3 heteroatoms. The molecule has 1 aromatic carbocycles. The maximum Gasteiger partial charge on any atom is 0.126 e. The second-order valence-corrected chi connectivity index (χ2v) is 4.99. The second-order valence-electron chi connectivity index (χ2n) is 4.99. The number of nitrogens with one attached hydrogen (secondary N) is 1. The van der Waals surface area contributed by atoms with Gasteiger partial charge in [0.1, 0.15) is 5.82 Å². The normalized spacial score (nSPS) is 16.5. The van der Waals surface area contributed by atoms with E-state index >= 15 is 0 Å². The Balaban J connectivity index is 2.78. The molecular formula is C14H23FN2. The lowest BCUT2D eigenvalue weighted by atomic mass is 9.91. The number of benzene rings is 1. The van der Waals surface area contributed by atoms with Gasteiger partial charge in [-0.1, -0.05) is 25.1 Å². The molecule has 0 heterocycles. The topological polar surface area (TPSA) is 38.0 Å². The SMILES string of the molecule is CCC(C)NC(C)(CN)Cc1ccccc1F. The summed E-state index contributed by atoms with van der Waals surface area (Å²) in [7, 11) is 0. The molecule has 2 unspecified atom stereocenters. The molecule has 0 aliphatic carbocycles. The van der Waals surface area contributed by atoms with Gasteiger partial charge in [0.05, 0.1) is 0 Å². The molecule has 0 amide bonds. The van der Waals surface area contributed by atoms with Gasteiger partial charge in [-0.05, 0) is 38.3 Å². The van der Waals surface area contributed by atoms with E-state index in [1.54, 1.807) is 6.07 Å². The van der Waals surface area contributed by atoms with Crippen molar-refractivity contribution >= 4 is 0 Å². The number of rotatable bonds is 6. The predicted octanol–water partition coefficient (Wildman–Crippen LogP) is 2.47. The number of hydrogen-bond acceptors (Lipinski definition) is 2. The van der Waals surface area contributed by atoms with Crippen LogP contribution in [0.25, 0.3) is 0 Å². The van der Waals surface area contributed by atoms with Crippen LogP contribution in [0.3, 0.4) is 0 Å². The third kappa shape index (κ3) is 4.10. The van der Waals surface area contributed by atoms with E-state index in [0.29, 0.717) is 19.0 Å². The van der Waals surface area contributed by atoms with Crippen molar-refractivity contribution in [1.29, 1.82) is 0 Å². The first-order valence-corrected chi connectivity index (χ1v) is 6.22. The van der Waals surface area contributed by atoms with Crippen molar-refractivity contribution in [2.75, 3.05) is 6.54 Å². The summed E-state index contributed by atoms with van der Waals surface area (Å²) in [6.45, 7) is 6.78. The summed E-state index contributed by atoms with van der Waals surface area (Å²) < 4.78 is 13.6. The number of halogens is 1. The molecule has 0 radical (unpaired) electrons. The van der Waals surface area contributed by atoms with Gasteiger partial charge in [-0.3, -0.25) is 0 Å². The Morgan fingerprint density at radius 1 is 1.41 bits per heavy atom. The molecule has 0 bridgehead atoms. The van der Waals surface area contributed by atoms with Gasteiger partial charge < -0.3 is 11.1 Å². The molecule has 96 valence electrons. The highest BCUT2D eigenvalue weighted by molar-refractivity contribution is 5.20. The van der Waals surface area contributed by atoms with Crippen LogP contribution in [0.5, 0.6) is 0 Å². The molecule has 0 saturated heterocycles. The minimum absolute atomic E-state index is 0.155. The number of hydrogen-bond donors (Lipinski definition) is 2. The van der Waals surface area contributed by atoms with E-state index in [9.17, 15) is 4.39 Å². The molecule has 0 aliphatic rings. The minimum atomic E-state index is -0.252. The lowest BCUT2D eigenvalue weighted by molar-refractivity contribution is 0.314. The highest BCUT2D eigenvalue weighted by Gasteiger charge is 2.25. The van der Waals surface area contributed by atoms with Gasteiger partial charge in [0.2, 0.25) is 0 Å². The standard InChI is InChI=1S/C14H23FN2/c1-4-11(2)17-14(3,10-16)9-12-7-5-6-8-13(12)15/h5-8,11,17H,4,9-10,16H2,1-3H3. The Kier molecular flexibility index (Phi) is 5.09. The van der Waals surface area contributed by atoms with Gasteiger partial charge in [0.25, 0.3) is 0 Å². The van der Waals surface area contributed by atoms with Crippen molar-refractivity contribution in [3.05, 3.63) is 35.6 Å². The summed E-state index contributed by atoms with van der Waals surface area (Å²) in [5.41, 5.74) is 6.29. The molecule has 0 aliphatic heterocycles. The largest absolute Gasteiger partial charge is 0.329 e. The molecule has 0 spiro atoms. The van der Waals surface area contributed by atoms with Crippen LogP contribution in [0.4, 0.5) is 4.39 Å². The molecule has 0 aromatic heterocycles. The highest BCUT2D eigenvalue weighted by Crippen LogP contribution is 2.16. The van der Waals surface area contributed by atoms with E-state index in [-0.39, 0.29) is 11.4 Å². The van der Waals surface area contributed by atoms with Gasteiger partial charge >= 0.3 is 0 Å². The first-order valence-electron chi connectivity index (χ1n) is 6.22. The monoisotopic (exact) mass is 238 g/mol. The average Bonchev–Trinajstić information content (AvgIpc) is 2.32. The zero-order valence-corrected chi connectivity index (χ0v) is 11.0. The van der Waals surface area contributed by atoms with Crippen LogP contribution in [0.2, 0.25) is 0 Å². The fourth-order valence-electron chi connectivity index (χ4n) is 1.94. The lowest BCUT2D eigenvalue weighted by Crippen LogP contribution is -2.53. The molecular weight excluding hydrogens is 215 g/mol. The summed E-state index contributed by atoms with van der Waals surface area (Å²) >= 11 is 0. The summed E-state index contributed by atoms with van der Waals surface area (Å²) in [5, 5.41) is 3.48. The molecule has 1 aromatic rings. The van der Waals surface area contributed by atoms with Crippen molar-refractivity contribution in [1.82, 2.24) is 5.32 Å². The van der Waals surface area contributed by atoms with Gasteiger partial charge in [-0.25, -0.2) is 4.39 Å². The van der Waals surface area contributed by atoms with Crippen LogP contribution in [0, 0.1) is 5.82 Å². The summed E-state index contributed by atoms with van der Waals surface area (Å²) in [6, 6.07) is 7.27. The summed E-state index contributed by atoms with van der Waals surface area (Å²) in [4.78, 5) is 0. The van der Waals surface area contributed by atoms with Gasteiger partial charge in [-0.2, -0.15) is 0 Å². The van der Waals surface area contributed by atoms with E-state index in [2.05, 4.69) is 19.2 Å². The minimum Gasteiger partial charge on any atom is -0.329 e. The maximum absolute atomic E-state index is 13.6. The van der Waals surface area contributed by atoms with E-state index in [4.69, 9.17) is 5.73 Å². The quantitative estimate of drug-likeness (QED) is 0.799. The summed E-state index contributed by atoms with van der Waals surface area (Å²) in [6.07, 6.45) is 1.65. The van der Waals surface area contributed by atoms with Crippen LogP contribution >= 0.6 is 0 Å². The predicted molar refractivity (Wildman–Crippen MR) is 70.5 cm³/mol.